The monoisotopic (exact) mass is 238 g/mol. The van der Waals surface area contributed by atoms with Gasteiger partial charge in [-0.1, -0.05) is 0 Å². The van der Waals surface area contributed by atoms with E-state index in [0.717, 1.165) is 0 Å². The number of amides is 1. The van der Waals surface area contributed by atoms with Gasteiger partial charge in [0.05, 0.1) is 12.2 Å². The average Bonchev–Trinajstić information content (AvgIpc) is 2.30. The normalized spacial score (nSPS) is 13.8. The quantitative estimate of drug-likeness (QED) is 0.770. The van der Waals surface area contributed by atoms with Crippen LogP contribution in [0.1, 0.15) is 17.3 Å². The van der Waals surface area contributed by atoms with E-state index in [1.807, 2.05) is 0 Å². The SMILES string of the molecule is COCC(C)(NC(=O)c1cccnc1)C(=O)O. The molecular formula is C11H14N2O4. The summed E-state index contributed by atoms with van der Waals surface area (Å²) in [5, 5.41) is 11.5. The number of carbonyl (C=O) groups excluding carboxylic acids is 1. The first-order valence-corrected chi connectivity index (χ1v) is 4.94. The van der Waals surface area contributed by atoms with Gasteiger partial charge in [0.2, 0.25) is 0 Å². The van der Waals surface area contributed by atoms with Gasteiger partial charge in [0, 0.05) is 19.5 Å². The van der Waals surface area contributed by atoms with Crippen LogP contribution in [0, 0.1) is 0 Å². The highest BCUT2D eigenvalue weighted by atomic mass is 16.5. The highest BCUT2D eigenvalue weighted by Gasteiger charge is 2.35. The summed E-state index contributed by atoms with van der Waals surface area (Å²) in [6, 6.07) is 3.15. The average molecular weight is 238 g/mol. The van der Waals surface area contributed by atoms with E-state index in [-0.39, 0.29) is 6.61 Å². The maximum absolute atomic E-state index is 11.8. The van der Waals surface area contributed by atoms with Gasteiger partial charge in [-0.05, 0) is 19.1 Å². The summed E-state index contributed by atoms with van der Waals surface area (Å²) in [5.74, 6) is -1.66. The van der Waals surface area contributed by atoms with E-state index >= 15 is 0 Å². The summed E-state index contributed by atoms with van der Waals surface area (Å²) >= 11 is 0. The first-order valence-electron chi connectivity index (χ1n) is 4.94. The molecule has 0 aliphatic rings. The van der Waals surface area contributed by atoms with Crippen molar-refractivity contribution >= 4 is 11.9 Å². The Morgan fingerprint density at radius 2 is 2.29 bits per heavy atom. The Hall–Kier alpha value is -1.95. The molecule has 0 spiro atoms. The number of nitrogens with zero attached hydrogens (tertiary/aromatic N) is 1. The molecule has 0 saturated heterocycles. The van der Waals surface area contributed by atoms with Gasteiger partial charge in [-0.25, -0.2) is 4.79 Å². The lowest BCUT2D eigenvalue weighted by atomic mass is 10.0. The number of carboxylic acid groups (broad SMARTS) is 1. The fourth-order valence-electron chi connectivity index (χ4n) is 1.26. The van der Waals surface area contributed by atoms with Crippen LogP contribution in [0.4, 0.5) is 0 Å². The molecular weight excluding hydrogens is 224 g/mol. The molecule has 1 aromatic heterocycles. The zero-order valence-corrected chi connectivity index (χ0v) is 9.64. The summed E-state index contributed by atoms with van der Waals surface area (Å²) in [7, 11) is 1.37. The van der Waals surface area contributed by atoms with Gasteiger partial charge < -0.3 is 15.2 Å². The van der Waals surface area contributed by atoms with Crippen molar-refractivity contribution in [2.24, 2.45) is 0 Å². The van der Waals surface area contributed by atoms with Crippen molar-refractivity contribution < 1.29 is 19.4 Å². The zero-order chi connectivity index (χ0) is 12.9. The molecule has 17 heavy (non-hydrogen) atoms. The van der Waals surface area contributed by atoms with Crippen LogP contribution in [0.3, 0.4) is 0 Å². The molecule has 1 unspecified atom stereocenters. The number of hydrogen-bond acceptors (Lipinski definition) is 4. The minimum atomic E-state index is -1.46. The van der Waals surface area contributed by atoms with Crippen molar-refractivity contribution in [1.82, 2.24) is 10.3 Å². The minimum Gasteiger partial charge on any atom is -0.479 e. The summed E-state index contributed by atoms with van der Waals surface area (Å²) in [6.45, 7) is 1.27. The number of hydrogen-bond donors (Lipinski definition) is 2. The van der Waals surface area contributed by atoms with Crippen molar-refractivity contribution in [1.29, 1.82) is 0 Å². The fourth-order valence-corrected chi connectivity index (χ4v) is 1.26. The molecule has 0 aliphatic heterocycles. The molecule has 1 heterocycles. The van der Waals surface area contributed by atoms with E-state index in [4.69, 9.17) is 9.84 Å². The Morgan fingerprint density at radius 1 is 1.59 bits per heavy atom. The van der Waals surface area contributed by atoms with Crippen LogP contribution in [0.15, 0.2) is 24.5 Å². The Morgan fingerprint density at radius 3 is 2.76 bits per heavy atom. The topological polar surface area (TPSA) is 88.5 Å². The van der Waals surface area contributed by atoms with E-state index in [1.165, 1.54) is 26.4 Å². The third kappa shape index (κ3) is 3.25. The highest BCUT2D eigenvalue weighted by molar-refractivity contribution is 5.97. The third-order valence-electron chi connectivity index (χ3n) is 2.22. The van der Waals surface area contributed by atoms with Gasteiger partial charge in [0.1, 0.15) is 0 Å². The number of nitrogens with one attached hydrogen (secondary N) is 1. The second-order valence-corrected chi connectivity index (χ2v) is 3.77. The lowest BCUT2D eigenvalue weighted by Crippen LogP contribution is -2.55. The Kier molecular flexibility index (Phi) is 4.17. The Balaban J connectivity index is 2.82. The first kappa shape index (κ1) is 13.1. The van der Waals surface area contributed by atoms with Crippen molar-refractivity contribution in [3.05, 3.63) is 30.1 Å². The van der Waals surface area contributed by atoms with E-state index < -0.39 is 17.4 Å². The fraction of sp³-hybridized carbons (Fsp3) is 0.364. The zero-order valence-electron chi connectivity index (χ0n) is 9.64. The number of methoxy groups -OCH3 is 1. The molecule has 6 heteroatoms. The summed E-state index contributed by atoms with van der Waals surface area (Å²) in [6.07, 6.45) is 2.90. The van der Waals surface area contributed by atoms with Crippen molar-refractivity contribution in [2.75, 3.05) is 13.7 Å². The van der Waals surface area contributed by atoms with Crippen LogP contribution in [0.25, 0.3) is 0 Å². The molecule has 0 aromatic carbocycles. The summed E-state index contributed by atoms with van der Waals surface area (Å²) in [4.78, 5) is 26.6. The van der Waals surface area contributed by atoms with Crippen LogP contribution in [-0.2, 0) is 9.53 Å². The summed E-state index contributed by atoms with van der Waals surface area (Å²) < 4.78 is 4.79. The molecule has 0 saturated carbocycles. The van der Waals surface area contributed by atoms with Crippen LogP contribution in [0.2, 0.25) is 0 Å². The lowest BCUT2D eigenvalue weighted by molar-refractivity contribution is -0.145. The van der Waals surface area contributed by atoms with Gasteiger partial charge in [-0.2, -0.15) is 0 Å². The van der Waals surface area contributed by atoms with Crippen molar-refractivity contribution in [3.63, 3.8) is 0 Å². The van der Waals surface area contributed by atoms with E-state index in [9.17, 15) is 9.59 Å². The van der Waals surface area contributed by atoms with Gasteiger partial charge in [0.15, 0.2) is 5.54 Å². The van der Waals surface area contributed by atoms with Crippen LogP contribution in [-0.4, -0.2) is 41.2 Å². The number of aliphatic carboxylic acids is 1. The minimum absolute atomic E-state index is 0.117. The second-order valence-electron chi connectivity index (χ2n) is 3.77. The Bertz CT molecular complexity index is 407. The van der Waals surface area contributed by atoms with Crippen molar-refractivity contribution in [3.8, 4) is 0 Å². The van der Waals surface area contributed by atoms with E-state index in [2.05, 4.69) is 10.3 Å². The number of pyridine rings is 1. The third-order valence-corrected chi connectivity index (χ3v) is 2.22. The Labute approximate surface area is 98.6 Å². The number of carbonyl (C=O) groups is 2. The smallest absolute Gasteiger partial charge is 0.331 e. The number of aromatic nitrogens is 1. The van der Waals surface area contributed by atoms with Crippen LogP contribution >= 0.6 is 0 Å². The number of carboxylic acids is 1. The van der Waals surface area contributed by atoms with Crippen molar-refractivity contribution in [2.45, 2.75) is 12.5 Å². The lowest BCUT2D eigenvalue weighted by Gasteiger charge is -2.25. The molecule has 0 fully saturated rings. The largest absolute Gasteiger partial charge is 0.479 e. The van der Waals surface area contributed by atoms with E-state index in [1.54, 1.807) is 12.1 Å². The van der Waals surface area contributed by atoms with Gasteiger partial charge >= 0.3 is 5.97 Å². The molecule has 1 amide bonds. The number of rotatable bonds is 5. The molecule has 0 radical (unpaired) electrons. The van der Waals surface area contributed by atoms with Gasteiger partial charge in [0.25, 0.3) is 5.91 Å². The molecule has 0 aliphatic carbocycles. The first-order chi connectivity index (χ1) is 7.99. The molecule has 92 valence electrons. The molecule has 6 nitrogen and oxygen atoms in total. The van der Waals surface area contributed by atoms with Gasteiger partial charge in [-0.15, -0.1) is 0 Å². The maximum Gasteiger partial charge on any atom is 0.331 e. The van der Waals surface area contributed by atoms with Gasteiger partial charge in [-0.3, -0.25) is 9.78 Å². The van der Waals surface area contributed by atoms with E-state index in [0.29, 0.717) is 5.56 Å². The maximum atomic E-state index is 11.8. The second kappa shape index (κ2) is 5.40. The van der Waals surface area contributed by atoms with Crippen LogP contribution in [0.5, 0.6) is 0 Å². The predicted octanol–water partition coefficient (Wildman–Crippen LogP) is 0.301. The summed E-state index contributed by atoms with van der Waals surface area (Å²) in [5.41, 5.74) is -1.15. The molecule has 1 atom stereocenters. The molecule has 1 aromatic rings. The van der Waals surface area contributed by atoms with Crippen LogP contribution < -0.4 is 5.32 Å². The number of ether oxygens (including phenoxy) is 1. The standard InChI is InChI=1S/C11H14N2O4/c1-11(7-17-2,10(15)16)13-9(14)8-4-3-5-12-6-8/h3-6H,7H2,1-2H3,(H,13,14)(H,15,16). The highest BCUT2D eigenvalue weighted by Crippen LogP contribution is 2.07. The molecule has 1 rings (SSSR count). The predicted molar refractivity (Wildman–Crippen MR) is 59.6 cm³/mol. The molecule has 2 N–H and O–H groups in total. The molecule has 0 bridgehead atoms.